The van der Waals surface area contributed by atoms with Gasteiger partial charge in [0.2, 0.25) is 5.82 Å². The van der Waals surface area contributed by atoms with Gasteiger partial charge in [-0.1, -0.05) is 23.7 Å². The van der Waals surface area contributed by atoms with Gasteiger partial charge in [0.15, 0.2) is 0 Å². The Morgan fingerprint density at radius 2 is 1.97 bits per heavy atom. The Morgan fingerprint density at radius 1 is 1.23 bits per heavy atom. The Hall–Kier alpha value is -1.38. The van der Waals surface area contributed by atoms with Gasteiger partial charge in [0.25, 0.3) is 5.91 Å². The third-order valence-electron chi connectivity index (χ3n) is 6.55. The molecule has 2 N–H and O–H groups in total. The zero-order valence-electron chi connectivity index (χ0n) is 17.6. The molecule has 0 saturated heterocycles. The number of carbonyl (C=O) groups is 1. The summed E-state index contributed by atoms with van der Waals surface area (Å²) in [5, 5.41) is 9.12. The molecule has 0 bridgehead atoms. The van der Waals surface area contributed by atoms with E-state index in [-0.39, 0.29) is 42.2 Å². The van der Waals surface area contributed by atoms with Gasteiger partial charge >= 0.3 is 0 Å². The lowest BCUT2D eigenvalue weighted by atomic mass is 9.68. The van der Waals surface area contributed by atoms with Crippen LogP contribution in [0.2, 0.25) is 5.02 Å². The van der Waals surface area contributed by atoms with E-state index >= 15 is 0 Å². The molecule has 1 saturated carbocycles. The Morgan fingerprint density at radius 3 is 2.61 bits per heavy atom. The van der Waals surface area contributed by atoms with Crippen LogP contribution in [0.1, 0.15) is 47.7 Å². The minimum atomic E-state index is -0.0619. The molecule has 2 aromatic rings. The number of aromatic nitrogens is 3. The molecule has 1 aromatic heterocycles. The standard InChI is InChI=1S/C21H28ClN5O2.2ClH/c1-29-12-7-18-24-25-19-20(28)26(10-11-27(18)19)17-5-8-21(14-23,9-6-17)15-3-2-4-16(22)13-15;;/h2-4,13,17H,5-12,14,23H2,1H3;2*1H. The van der Waals surface area contributed by atoms with Gasteiger partial charge in [0, 0.05) is 49.6 Å². The average Bonchev–Trinajstić information content (AvgIpc) is 3.16. The topological polar surface area (TPSA) is 86.3 Å². The van der Waals surface area contributed by atoms with Crippen molar-refractivity contribution in [3.63, 3.8) is 0 Å². The van der Waals surface area contributed by atoms with Crippen LogP contribution in [0.4, 0.5) is 0 Å². The minimum absolute atomic E-state index is 0. The smallest absolute Gasteiger partial charge is 0.292 e. The highest BCUT2D eigenvalue weighted by atomic mass is 35.5. The van der Waals surface area contributed by atoms with E-state index in [9.17, 15) is 4.79 Å². The number of methoxy groups -OCH3 is 1. The average molecular weight is 491 g/mol. The molecular weight excluding hydrogens is 461 g/mol. The predicted molar refractivity (Wildman–Crippen MR) is 126 cm³/mol. The Labute approximate surface area is 200 Å². The first-order valence-electron chi connectivity index (χ1n) is 10.3. The van der Waals surface area contributed by atoms with E-state index in [1.165, 1.54) is 5.56 Å². The number of hydrogen-bond acceptors (Lipinski definition) is 5. The van der Waals surface area contributed by atoms with Gasteiger partial charge in [-0.2, -0.15) is 0 Å². The molecular formula is C21H30Cl3N5O2. The zero-order valence-corrected chi connectivity index (χ0v) is 20.0. The lowest BCUT2D eigenvalue weighted by molar-refractivity contribution is 0.0520. The number of amides is 1. The Kier molecular flexibility index (Phi) is 9.15. The van der Waals surface area contributed by atoms with Crippen molar-refractivity contribution in [3.8, 4) is 0 Å². The van der Waals surface area contributed by atoms with Crippen LogP contribution in [0.3, 0.4) is 0 Å². The SMILES string of the molecule is COCCc1nnc2n1CCN(C1CCC(CN)(c3cccc(Cl)c3)CC1)C2=O.Cl.Cl. The summed E-state index contributed by atoms with van der Waals surface area (Å²) in [6.07, 6.45) is 4.42. The third-order valence-corrected chi connectivity index (χ3v) is 6.79. The Bertz CT molecular complexity index is 884. The van der Waals surface area contributed by atoms with Crippen molar-refractivity contribution in [2.75, 3.05) is 26.8 Å². The minimum Gasteiger partial charge on any atom is -0.384 e. The van der Waals surface area contributed by atoms with Crippen LogP contribution in [0.25, 0.3) is 0 Å². The zero-order chi connectivity index (χ0) is 20.4. The molecule has 0 radical (unpaired) electrons. The number of nitrogens with two attached hydrogens (primary N) is 1. The molecule has 10 heteroatoms. The third kappa shape index (κ3) is 5.01. The maximum atomic E-state index is 13.1. The van der Waals surface area contributed by atoms with Crippen molar-refractivity contribution < 1.29 is 9.53 Å². The van der Waals surface area contributed by atoms with Gasteiger partial charge in [0.05, 0.1) is 6.61 Å². The Balaban J connectivity index is 0.00000171. The van der Waals surface area contributed by atoms with Crippen LogP contribution in [0.15, 0.2) is 24.3 Å². The summed E-state index contributed by atoms with van der Waals surface area (Å²) >= 11 is 6.22. The van der Waals surface area contributed by atoms with Gasteiger partial charge in [-0.15, -0.1) is 35.0 Å². The van der Waals surface area contributed by atoms with Gasteiger partial charge in [0.1, 0.15) is 5.82 Å². The number of hydrogen-bond donors (Lipinski definition) is 1. The lowest BCUT2D eigenvalue weighted by Crippen LogP contribution is -2.51. The number of nitrogens with zero attached hydrogens (tertiary/aromatic N) is 4. The van der Waals surface area contributed by atoms with Gasteiger partial charge < -0.3 is 19.9 Å². The fourth-order valence-electron chi connectivity index (χ4n) is 4.79. The fraction of sp³-hybridized carbons (Fsp3) is 0.571. The van der Waals surface area contributed by atoms with Crippen LogP contribution in [-0.4, -0.2) is 58.4 Å². The highest BCUT2D eigenvalue weighted by Crippen LogP contribution is 2.41. The van der Waals surface area contributed by atoms with E-state index in [4.69, 9.17) is 22.1 Å². The normalized spacial score (nSPS) is 23.0. The molecule has 1 aliphatic carbocycles. The van der Waals surface area contributed by atoms with E-state index < -0.39 is 0 Å². The summed E-state index contributed by atoms with van der Waals surface area (Å²) in [5.41, 5.74) is 7.37. The first-order valence-corrected chi connectivity index (χ1v) is 10.6. The van der Waals surface area contributed by atoms with Gasteiger partial charge in [-0.25, -0.2) is 0 Å². The number of carbonyl (C=O) groups excluding carboxylic acids is 1. The van der Waals surface area contributed by atoms with E-state index in [1.54, 1.807) is 7.11 Å². The maximum absolute atomic E-state index is 13.1. The monoisotopic (exact) mass is 489 g/mol. The first-order chi connectivity index (χ1) is 14.1. The molecule has 2 heterocycles. The molecule has 0 atom stereocenters. The maximum Gasteiger partial charge on any atom is 0.292 e. The second-order valence-corrected chi connectivity index (χ2v) is 8.50. The predicted octanol–water partition coefficient (Wildman–Crippen LogP) is 3.26. The highest BCUT2D eigenvalue weighted by Gasteiger charge is 2.40. The summed E-state index contributed by atoms with van der Waals surface area (Å²) in [6.45, 7) is 2.59. The summed E-state index contributed by atoms with van der Waals surface area (Å²) in [5.74, 6) is 1.26. The summed E-state index contributed by atoms with van der Waals surface area (Å²) < 4.78 is 7.07. The van der Waals surface area contributed by atoms with Crippen molar-refractivity contribution in [2.24, 2.45) is 5.73 Å². The molecule has 1 amide bonds. The summed E-state index contributed by atoms with van der Waals surface area (Å²) in [4.78, 5) is 15.1. The van der Waals surface area contributed by atoms with Crippen LogP contribution in [-0.2, 0) is 23.1 Å². The van der Waals surface area contributed by atoms with E-state index in [0.29, 0.717) is 31.9 Å². The van der Waals surface area contributed by atoms with Gasteiger partial charge in [-0.3, -0.25) is 4.79 Å². The molecule has 2 aliphatic rings. The van der Waals surface area contributed by atoms with Crippen molar-refractivity contribution >= 4 is 42.3 Å². The molecule has 0 unspecified atom stereocenters. The first kappa shape index (κ1) is 25.9. The molecule has 31 heavy (non-hydrogen) atoms. The van der Waals surface area contributed by atoms with Crippen molar-refractivity contribution in [3.05, 3.63) is 46.5 Å². The molecule has 1 aliphatic heterocycles. The number of fused-ring (bicyclic) bond motifs is 1. The highest BCUT2D eigenvalue weighted by molar-refractivity contribution is 6.30. The largest absolute Gasteiger partial charge is 0.384 e. The molecule has 4 rings (SSSR count). The quantitative estimate of drug-likeness (QED) is 0.672. The second kappa shape index (κ2) is 11.0. The van der Waals surface area contributed by atoms with E-state index in [1.807, 2.05) is 27.7 Å². The number of ether oxygens (including phenoxy) is 1. The lowest BCUT2D eigenvalue weighted by Gasteiger charge is -2.44. The molecule has 0 spiro atoms. The van der Waals surface area contributed by atoms with Crippen molar-refractivity contribution in [1.29, 1.82) is 0 Å². The number of halogens is 3. The molecule has 7 nitrogen and oxygen atoms in total. The summed E-state index contributed by atoms with van der Waals surface area (Å²) in [6, 6.07) is 8.25. The summed E-state index contributed by atoms with van der Waals surface area (Å²) in [7, 11) is 1.66. The van der Waals surface area contributed by atoms with Crippen LogP contribution < -0.4 is 5.73 Å². The van der Waals surface area contributed by atoms with Crippen LogP contribution in [0, 0.1) is 0 Å². The van der Waals surface area contributed by atoms with Crippen molar-refractivity contribution in [2.45, 2.75) is 50.1 Å². The van der Waals surface area contributed by atoms with Crippen molar-refractivity contribution in [1.82, 2.24) is 19.7 Å². The van der Waals surface area contributed by atoms with E-state index in [0.717, 1.165) is 43.1 Å². The van der Waals surface area contributed by atoms with Crippen LogP contribution in [0.5, 0.6) is 0 Å². The second-order valence-electron chi connectivity index (χ2n) is 8.06. The number of rotatable bonds is 6. The fourth-order valence-corrected chi connectivity index (χ4v) is 4.98. The number of benzene rings is 1. The molecule has 1 aromatic carbocycles. The van der Waals surface area contributed by atoms with E-state index in [2.05, 4.69) is 16.3 Å². The van der Waals surface area contributed by atoms with Gasteiger partial charge in [-0.05, 0) is 43.4 Å². The van der Waals surface area contributed by atoms with Crippen LogP contribution >= 0.6 is 36.4 Å². The molecule has 172 valence electrons. The molecule has 1 fully saturated rings.